The molecule has 1 amide bonds. The molecule has 4 nitrogen and oxygen atoms in total. The molecule has 0 spiro atoms. The summed E-state index contributed by atoms with van der Waals surface area (Å²) in [5.74, 6) is 0.378. The van der Waals surface area contributed by atoms with Gasteiger partial charge in [-0.1, -0.05) is 18.2 Å². The monoisotopic (exact) mass is 266 g/mol. The van der Waals surface area contributed by atoms with E-state index in [4.69, 9.17) is 10.00 Å². The summed E-state index contributed by atoms with van der Waals surface area (Å²) in [6, 6.07) is 15.9. The SMILES string of the molecule is CCOc1cccc(C(=O)Nc2ccccc2C#N)c1. The van der Waals surface area contributed by atoms with E-state index in [1.807, 2.05) is 13.0 Å². The van der Waals surface area contributed by atoms with Gasteiger partial charge in [0, 0.05) is 5.56 Å². The van der Waals surface area contributed by atoms with Crippen molar-refractivity contribution in [2.75, 3.05) is 11.9 Å². The molecule has 0 saturated heterocycles. The van der Waals surface area contributed by atoms with E-state index in [1.54, 1.807) is 48.5 Å². The topological polar surface area (TPSA) is 62.1 Å². The van der Waals surface area contributed by atoms with Gasteiger partial charge in [-0.3, -0.25) is 4.79 Å². The number of nitriles is 1. The lowest BCUT2D eigenvalue weighted by Crippen LogP contribution is -2.12. The number of benzene rings is 2. The maximum absolute atomic E-state index is 12.2. The van der Waals surface area contributed by atoms with Crippen molar-refractivity contribution in [2.24, 2.45) is 0 Å². The van der Waals surface area contributed by atoms with Crippen molar-refractivity contribution in [3.63, 3.8) is 0 Å². The second-order valence-corrected chi connectivity index (χ2v) is 4.07. The lowest BCUT2D eigenvalue weighted by molar-refractivity contribution is 0.102. The van der Waals surface area contributed by atoms with Gasteiger partial charge >= 0.3 is 0 Å². The van der Waals surface area contributed by atoms with Crippen molar-refractivity contribution in [1.29, 1.82) is 5.26 Å². The number of hydrogen-bond acceptors (Lipinski definition) is 3. The van der Waals surface area contributed by atoms with Crippen molar-refractivity contribution in [2.45, 2.75) is 6.92 Å². The van der Waals surface area contributed by atoms with Crippen LogP contribution in [0.3, 0.4) is 0 Å². The first-order chi connectivity index (χ1) is 9.74. The first-order valence-electron chi connectivity index (χ1n) is 6.28. The van der Waals surface area contributed by atoms with E-state index in [0.29, 0.717) is 29.2 Å². The molecule has 0 heterocycles. The number of nitrogens with zero attached hydrogens (tertiary/aromatic N) is 1. The predicted molar refractivity (Wildman–Crippen MR) is 76.7 cm³/mol. The molecular formula is C16H14N2O2. The Morgan fingerprint density at radius 2 is 2.05 bits per heavy atom. The van der Waals surface area contributed by atoms with Crippen LogP contribution in [0.4, 0.5) is 5.69 Å². The summed E-state index contributed by atoms with van der Waals surface area (Å²) < 4.78 is 5.36. The maximum Gasteiger partial charge on any atom is 0.255 e. The van der Waals surface area contributed by atoms with Gasteiger partial charge in [-0.25, -0.2) is 0 Å². The molecule has 0 fully saturated rings. The van der Waals surface area contributed by atoms with E-state index in [9.17, 15) is 4.79 Å². The quantitative estimate of drug-likeness (QED) is 0.924. The minimum atomic E-state index is -0.269. The molecule has 0 atom stereocenters. The van der Waals surface area contributed by atoms with Gasteiger partial charge in [0.05, 0.1) is 17.9 Å². The highest BCUT2D eigenvalue weighted by atomic mass is 16.5. The Kier molecular flexibility index (Phi) is 4.35. The van der Waals surface area contributed by atoms with E-state index in [-0.39, 0.29) is 5.91 Å². The minimum Gasteiger partial charge on any atom is -0.494 e. The zero-order valence-corrected chi connectivity index (χ0v) is 11.1. The van der Waals surface area contributed by atoms with Crippen molar-refractivity contribution >= 4 is 11.6 Å². The van der Waals surface area contributed by atoms with Crippen LogP contribution < -0.4 is 10.1 Å². The molecular weight excluding hydrogens is 252 g/mol. The molecule has 0 saturated carbocycles. The van der Waals surface area contributed by atoms with Crippen LogP contribution in [0, 0.1) is 11.3 Å². The van der Waals surface area contributed by atoms with Crippen LogP contribution in [0.5, 0.6) is 5.75 Å². The molecule has 2 rings (SSSR count). The number of carbonyl (C=O) groups is 1. The second kappa shape index (κ2) is 6.39. The van der Waals surface area contributed by atoms with Gasteiger partial charge in [0.2, 0.25) is 0 Å². The number of para-hydroxylation sites is 1. The van der Waals surface area contributed by atoms with Crippen molar-refractivity contribution in [1.82, 2.24) is 0 Å². The molecule has 0 unspecified atom stereocenters. The molecule has 0 aliphatic rings. The minimum absolute atomic E-state index is 0.269. The van der Waals surface area contributed by atoms with Crippen LogP contribution >= 0.6 is 0 Å². The lowest BCUT2D eigenvalue weighted by atomic mass is 10.1. The molecule has 100 valence electrons. The number of rotatable bonds is 4. The smallest absolute Gasteiger partial charge is 0.255 e. The Balaban J connectivity index is 2.20. The fourth-order valence-electron chi connectivity index (χ4n) is 1.78. The Morgan fingerprint density at radius 3 is 2.80 bits per heavy atom. The van der Waals surface area contributed by atoms with Gasteiger partial charge in [0.1, 0.15) is 11.8 Å². The Bertz CT molecular complexity index is 660. The maximum atomic E-state index is 12.2. The van der Waals surface area contributed by atoms with Gasteiger partial charge in [-0.2, -0.15) is 5.26 Å². The zero-order chi connectivity index (χ0) is 14.4. The molecule has 0 aliphatic heterocycles. The number of amides is 1. The van der Waals surface area contributed by atoms with Crippen molar-refractivity contribution < 1.29 is 9.53 Å². The zero-order valence-electron chi connectivity index (χ0n) is 11.1. The first-order valence-corrected chi connectivity index (χ1v) is 6.28. The average Bonchev–Trinajstić information content (AvgIpc) is 2.48. The van der Waals surface area contributed by atoms with Crippen LogP contribution in [0.1, 0.15) is 22.8 Å². The van der Waals surface area contributed by atoms with Gasteiger partial charge in [0.15, 0.2) is 0 Å². The average molecular weight is 266 g/mol. The van der Waals surface area contributed by atoms with E-state index < -0.39 is 0 Å². The summed E-state index contributed by atoms with van der Waals surface area (Å²) in [5.41, 5.74) is 1.42. The van der Waals surface area contributed by atoms with Crippen LogP contribution in [0.25, 0.3) is 0 Å². The Hall–Kier alpha value is -2.80. The fraction of sp³-hybridized carbons (Fsp3) is 0.125. The molecule has 1 N–H and O–H groups in total. The lowest BCUT2D eigenvalue weighted by Gasteiger charge is -2.08. The normalized spacial score (nSPS) is 9.60. The fourth-order valence-corrected chi connectivity index (χ4v) is 1.78. The van der Waals surface area contributed by atoms with Crippen LogP contribution in [-0.4, -0.2) is 12.5 Å². The first kappa shape index (κ1) is 13.6. The number of anilines is 1. The summed E-state index contributed by atoms with van der Waals surface area (Å²) in [4.78, 5) is 12.2. The van der Waals surface area contributed by atoms with Gasteiger partial charge in [-0.05, 0) is 37.3 Å². The van der Waals surface area contributed by atoms with Crippen molar-refractivity contribution in [3.05, 3.63) is 59.7 Å². The van der Waals surface area contributed by atoms with E-state index in [1.165, 1.54) is 0 Å². The third kappa shape index (κ3) is 3.15. The molecule has 0 aromatic heterocycles. The third-order valence-electron chi connectivity index (χ3n) is 2.70. The number of nitrogens with one attached hydrogen (secondary N) is 1. The third-order valence-corrected chi connectivity index (χ3v) is 2.70. The van der Waals surface area contributed by atoms with Gasteiger partial charge in [-0.15, -0.1) is 0 Å². The number of carbonyl (C=O) groups excluding carboxylic acids is 1. The Morgan fingerprint density at radius 1 is 1.25 bits per heavy atom. The summed E-state index contributed by atoms with van der Waals surface area (Å²) in [6.07, 6.45) is 0. The summed E-state index contributed by atoms with van der Waals surface area (Å²) >= 11 is 0. The number of hydrogen-bond donors (Lipinski definition) is 1. The highest BCUT2D eigenvalue weighted by Gasteiger charge is 2.09. The largest absolute Gasteiger partial charge is 0.494 e. The molecule has 2 aromatic carbocycles. The van der Waals surface area contributed by atoms with Crippen molar-refractivity contribution in [3.8, 4) is 11.8 Å². The van der Waals surface area contributed by atoms with Crippen LogP contribution in [0.15, 0.2) is 48.5 Å². The standard InChI is InChI=1S/C16H14N2O2/c1-2-20-14-8-5-7-12(10-14)16(19)18-15-9-4-3-6-13(15)11-17/h3-10H,2H2,1H3,(H,18,19). The molecule has 20 heavy (non-hydrogen) atoms. The molecule has 0 bridgehead atoms. The van der Waals surface area contributed by atoms with E-state index >= 15 is 0 Å². The predicted octanol–water partition coefficient (Wildman–Crippen LogP) is 3.21. The molecule has 0 aliphatic carbocycles. The highest BCUT2D eigenvalue weighted by Crippen LogP contribution is 2.17. The summed E-state index contributed by atoms with van der Waals surface area (Å²) in [6.45, 7) is 2.43. The van der Waals surface area contributed by atoms with E-state index in [2.05, 4.69) is 5.32 Å². The van der Waals surface area contributed by atoms with Gasteiger partial charge < -0.3 is 10.1 Å². The van der Waals surface area contributed by atoms with Crippen LogP contribution in [-0.2, 0) is 0 Å². The molecule has 4 heteroatoms. The molecule has 2 aromatic rings. The highest BCUT2D eigenvalue weighted by molar-refractivity contribution is 6.05. The summed E-state index contributed by atoms with van der Waals surface area (Å²) in [5, 5.41) is 11.7. The van der Waals surface area contributed by atoms with Crippen LogP contribution in [0.2, 0.25) is 0 Å². The van der Waals surface area contributed by atoms with Gasteiger partial charge in [0.25, 0.3) is 5.91 Å². The summed E-state index contributed by atoms with van der Waals surface area (Å²) in [7, 11) is 0. The second-order valence-electron chi connectivity index (χ2n) is 4.07. The Labute approximate surface area is 117 Å². The number of ether oxygens (including phenoxy) is 1. The molecule has 0 radical (unpaired) electrons. The van der Waals surface area contributed by atoms with E-state index in [0.717, 1.165) is 0 Å².